The molecule has 0 aliphatic rings. The quantitative estimate of drug-likeness (QED) is 0.206. The molecule has 7 nitrogen and oxygen atoms in total. The van der Waals surface area contributed by atoms with Crippen molar-refractivity contribution in [3.63, 3.8) is 0 Å². The number of hydrogen-bond acceptors (Lipinski definition) is 5. The molecule has 0 bridgehead atoms. The molecule has 0 aromatic heterocycles. The Bertz CT molecular complexity index is 1160. The van der Waals surface area contributed by atoms with Gasteiger partial charge in [-0.05, 0) is 60.1 Å². The Morgan fingerprint density at radius 2 is 1.54 bits per heavy atom. The third kappa shape index (κ3) is 9.09. The van der Waals surface area contributed by atoms with Gasteiger partial charge < -0.3 is 14.8 Å². The summed E-state index contributed by atoms with van der Waals surface area (Å²) < 4.78 is 11.0. The van der Waals surface area contributed by atoms with E-state index < -0.39 is 5.91 Å². The maximum atomic E-state index is 12.0. The topological polar surface area (TPSA) is 88.7 Å². The number of rotatable bonds is 9. The maximum Gasteiger partial charge on any atom is 0.276 e. The Kier molecular flexibility index (Phi) is 10.2. The molecular formula is C25H23Cl2N3O4S. The van der Waals surface area contributed by atoms with Crippen LogP contribution in [0.15, 0.2) is 72.8 Å². The molecule has 3 aromatic rings. The molecule has 0 fully saturated rings. The molecule has 0 aliphatic carbocycles. The first kappa shape index (κ1) is 26.3. The number of carbonyl (C=O) groups is 2. The summed E-state index contributed by atoms with van der Waals surface area (Å²) >= 11 is 16.9. The molecule has 0 atom stereocenters. The molecule has 35 heavy (non-hydrogen) atoms. The summed E-state index contributed by atoms with van der Waals surface area (Å²) in [6.07, 6.45) is 0.611. The van der Waals surface area contributed by atoms with Crippen molar-refractivity contribution >= 4 is 52.3 Å². The highest BCUT2D eigenvalue weighted by atomic mass is 35.5. The summed E-state index contributed by atoms with van der Waals surface area (Å²) in [6.45, 7) is 0.0637. The van der Waals surface area contributed by atoms with Crippen molar-refractivity contribution in [1.82, 2.24) is 16.2 Å². The van der Waals surface area contributed by atoms with Gasteiger partial charge in [-0.2, -0.15) is 0 Å². The number of carbonyl (C=O) groups excluding carboxylic acids is 2. The van der Waals surface area contributed by atoms with Crippen LogP contribution in [-0.2, 0) is 9.59 Å². The zero-order valence-electron chi connectivity index (χ0n) is 18.6. The van der Waals surface area contributed by atoms with Crippen LogP contribution in [0.2, 0.25) is 10.0 Å². The largest absolute Gasteiger partial charge is 0.492 e. The van der Waals surface area contributed by atoms with Crippen molar-refractivity contribution in [3.05, 3.63) is 82.8 Å². The van der Waals surface area contributed by atoms with Crippen molar-refractivity contribution in [1.29, 1.82) is 0 Å². The fourth-order valence-corrected chi connectivity index (χ4v) is 3.54. The Morgan fingerprint density at radius 1 is 0.829 bits per heavy atom. The molecule has 0 spiro atoms. The zero-order valence-corrected chi connectivity index (χ0v) is 20.9. The van der Waals surface area contributed by atoms with Gasteiger partial charge >= 0.3 is 0 Å². The average Bonchev–Trinajstić information content (AvgIpc) is 2.86. The summed E-state index contributed by atoms with van der Waals surface area (Å²) in [7, 11) is 0. The number of nitrogens with one attached hydrogen (secondary N) is 3. The summed E-state index contributed by atoms with van der Waals surface area (Å²) in [5.41, 5.74) is 6.98. The highest BCUT2D eigenvalue weighted by molar-refractivity contribution is 7.80. The van der Waals surface area contributed by atoms with Gasteiger partial charge in [-0.25, -0.2) is 0 Å². The minimum Gasteiger partial charge on any atom is -0.492 e. The molecule has 0 heterocycles. The Hall–Kier alpha value is -3.33. The van der Waals surface area contributed by atoms with E-state index in [9.17, 15) is 9.59 Å². The third-order valence-electron chi connectivity index (χ3n) is 4.60. The molecule has 10 heteroatoms. The van der Waals surface area contributed by atoms with Crippen LogP contribution in [0.3, 0.4) is 0 Å². The highest BCUT2D eigenvalue weighted by Gasteiger charge is 2.08. The van der Waals surface area contributed by atoms with Crippen LogP contribution in [0.25, 0.3) is 11.1 Å². The lowest BCUT2D eigenvalue weighted by Gasteiger charge is -2.12. The first-order chi connectivity index (χ1) is 16.9. The molecular weight excluding hydrogens is 509 g/mol. The number of ether oxygens (including phenoxy) is 2. The van der Waals surface area contributed by atoms with Gasteiger partial charge in [0.15, 0.2) is 11.7 Å². The lowest BCUT2D eigenvalue weighted by molar-refractivity contribution is -0.124. The van der Waals surface area contributed by atoms with E-state index in [1.807, 2.05) is 42.5 Å². The Balaban J connectivity index is 1.29. The SMILES string of the molecule is O=C(COc1ccc(-c2ccccc2)cc1)NNC(=S)NC(=O)CCCOc1ccc(Cl)cc1Cl. The molecule has 3 aromatic carbocycles. The molecule has 0 saturated heterocycles. The van der Waals surface area contributed by atoms with Crippen LogP contribution in [0, 0.1) is 0 Å². The van der Waals surface area contributed by atoms with Crippen molar-refractivity contribution in [2.75, 3.05) is 13.2 Å². The number of amides is 2. The van der Waals surface area contributed by atoms with Crippen LogP contribution >= 0.6 is 35.4 Å². The molecule has 0 unspecified atom stereocenters. The Labute approximate surface area is 218 Å². The molecule has 3 rings (SSSR count). The normalized spacial score (nSPS) is 10.2. The van der Waals surface area contributed by atoms with Crippen molar-refractivity contribution in [3.8, 4) is 22.6 Å². The molecule has 0 radical (unpaired) electrons. The van der Waals surface area contributed by atoms with Gasteiger partial charge in [0.25, 0.3) is 5.91 Å². The van der Waals surface area contributed by atoms with E-state index in [1.54, 1.807) is 30.3 Å². The second-order valence-electron chi connectivity index (χ2n) is 7.26. The predicted molar refractivity (Wildman–Crippen MR) is 141 cm³/mol. The molecule has 2 amide bonds. The van der Waals surface area contributed by atoms with Crippen molar-refractivity contribution in [2.45, 2.75) is 12.8 Å². The zero-order chi connectivity index (χ0) is 25.0. The molecule has 0 saturated carbocycles. The van der Waals surface area contributed by atoms with Gasteiger partial charge in [-0.3, -0.25) is 20.4 Å². The van der Waals surface area contributed by atoms with Crippen LogP contribution in [0.4, 0.5) is 0 Å². The smallest absolute Gasteiger partial charge is 0.276 e. The minimum absolute atomic E-state index is 0.0303. The average molecular weight is 532 g/mol. The van der Waals surface area contributed by atoms with Gasteiger partial charge in [0.05, 0.1) is 11.6 Å². The van der Waals surface area contributed by atoms with Gasteiger partial charge in [0.2, 0.25) is 5.91 Å². The Morgan fingerprint density at radius 3 is 2.26 bits per heavy atom. The fourth-order valence-electron chi connectivity index (χ4n) is 2.91. The fraction of sp³-hybridized carbons (Fsp3) is 0.160. The highest BCUT2D eigenvalue weighted by Crippen LogP contribution is 2.27. The van der Waals surface area contributed by atoms with Gasteiger partial charge in [0, 0.05) is 11.4 Å². The van der Waals surface area contributed by atoms with E-state index in [-0.39, 0.29) is 30.7 Å². The first-order valence-electron chi connectivity index (χ1n) is 10.7. The van der Waals surface area contributed by atoms with E-state index in [1.165, 1.54) is 0 Å². The third-order valence-corrected chi connectivity index (χ3v) is 5.33. The van der Waals surface area contributed by atoms with Gasteiger partial charge in [-0.1, -0.05) is 65.7 Å². The lowest BCUT2D eigenvalue weighted by atomic mass is 10.1. The van der Waals surface area contributed by atoms with Crippen LogP contribution < -0.4 is 25.6 Å². The van der Waals surface area contributed by atoms with E-state index in [0.717, 1.165) is 11.1 Å². The van der Waals surface area contributed by atoms with Crippen LogP contribution in [-0.4, -0.2) is 30.1 Å². The van der Waals surface area contributed by atoms with Gasteiger partial charge in [-0.15, -0.1) is 0 Å². The number of benzene rings is 3. The molecule has 0 aliphatic heterocycles. The second kappa shape index (κ2) is 13.5. The van der Waals surface area contributed by atoms with Crippen molar-refractivity contribution in [2.24, 2.45) is 0 Å². The van der Waals surface area contributed by atoms with Crippen LogP contribution in [0.1, 0.15) is 12.8 Å². The maximum absolute atomic E-state index is 12.0. The monoisotopic (exact) mass is 531 g/mol. The van der Waals surface area contributed by atoms with E-state index >= 15 is 0 Å². The van der Waals surface area contributed by atoms with E-state index in [4.69, 9.17) is 44.9 Å². The summed E-state index contributed by atoms with van der Waals surface area (Å²) in [4.78, 5) is 24.0. The van der Waals surface area contributed by atoms with E-state index in [0.29, 0.717) is 28.0 Å². The first-order valence-corrected chi connectivity index (χ1v) is 11.8. The van der Waals surface area contributed by atoms with Gasteiger partial charge in [0.1, 0.15) is 11.5 Å². The van der Waals surface area contributed by atoms with Crippen LogP contribution in [0.5, 0.6) is 11.5 Å². The van der Waals surface area contributed by atoms with Crippen molar-refractivity contribution < 1.29 is 19.1 Å². The summed E-state index contributed by atoms with van der Waals surface area (Å²) in [6, 6.07) is 22.3. The number of hydrogen-bond donors (Lipinski definition) is 3. The minimum atomic E-state index is -0.457. The summed E-state index contributed by atoms with van der Waals surface area (Å²) in [5, 5.41) is 3.36. The van der Waals surface area contributed by atoms with E-state index in [2.05, 4.69) is 16.2 Å². The standard InChI is InChI=1S/C25H23Cl2N3O4S/c26-19-10-13-22(21(27)15-19)33-14-4-7-23(31)28-25(35)30-29-24(32)16-34-20-11-8-18(9-12-20)17-5-2-1-3-6-17/h1-3,5-6,8-13,15H,4,7,14,16H2,(H,29,32)(H2,28,30,31,35). The lowest BCUT2D eigenvalue weighted by Crippen LogP contribution is -2.49. The number of thiocarbonyl (C=S) groups is 1. The second-order valence-corrected chi connectivity index (χ2v) is 8.51. The molecule has 182 valence electrons. The molecule has 3 N–H and O–H groups in total. The predicted octanol–water partition coefficient (Wildman–Crippen LogP) is 4.92. The summed E-state index contributed by atoms with van der Waals surface area (Å²) in [5.74, 6) is 0.267. The number of hydrazine groups is 1. The number of halogens is 2.